The standard InChI is InChI=1S/C15H34N2O2S/c1-5-9-16(8-4)12-14-20(18,19)15-13-17(10-6-2)11-7-3/h5-15H2,1-4H3. The van der Waals surface area contributed by atoms with Crippen molar-refractivity contribution in [2.75, 3.05) is 50.8 Å². The van der Waals surface area contributed by atoms with Gasteiger partial charge in [-0.05, 0) is 45.4 Å². The van der Waals surface area contributed by atoms with Gasteiger partial charge in [0.05, 0.1) is 11.5 Å². The molecule has 0 aliphatic rings. The number of hydrogen-bond donors (Lipinski definition) is 0. The SMILES string of the molecule is CCCN(CC)CCS(=O)(=O)CCN(CCC)CCC. The first kappa shape index (κ1) is 19.9. The summed E-state index contributed by atoms with van der Waals surface area (Å²) < 4.78 is 24.2. The van der Waals surface area contributed by atoms with Gasteiger partial charge in [-0.2, -0.15) is 0 Å². The van der Waals surface area contributed by atoms with Crippen LogP contribution in [-0.2, 0) is 9.84 Å². The lowest BCUT2D eigenvalue weighted by molar-refractivity contribution is 0.289. The van der Waals surface area contributed by atoms with E-state index < -0.39 is 9.84 Å². The number of sulfone groups is 1. The normalized spacial score (nSPS) is 12.5. The highest BCUT2D eigenvalue weighted by Crippen LogP contribution is 2.00. The van der Waals surface area contributed by atoms with Crippen molar-refractivity contribution < 1.29 is 8.42 Å². The molecule has 0 atom stereocenters. The molecule has 0 heterocycles. The lowest BCUT2D eigenvalue weighted by atomic mass is 10.3. The molecule has 0 N–H and O–H groups in total. The lowest BCUT2D eigenvalue weighted by Gasteiger charge is -2.22. The summed E-state index contributed by atoms with van der Waals surface area (Å²) in [6.45, 7) is 13.8. The molecule has 0 bridgehead atoms. The summed E-state index contributed by atoms with van der Waals surface area (Å²) in [5, 5.41) is 0. The molecule has 0 fully saturated rings. The van der Waals surface area contributed by atoms with E-state index in [0.29, 0.717) is 24.6 Å². The van der Waals surface area contributed by atoms with E-state index in [1.54, 1.807) is 0 Å². The minimum Gasteiger partial charge on any atom is -0.303 e. The van der Waals surface area contributed by atoms with Crippen molar-refractivity contribution in [1.29, 1.82) is 0 Å². The van der Waals surface area contributed by atoms with E-state index in [9.17, 15) is 8.42 Å². The van der Waals surface area contributed by atoms with Crippen LogP contribution in [-0.4, -0.2) is 69.0 Å². The zero-order valence-electron chi connectivity index (χ0n) is 13.9. The van der Waals surface area contributed by atoms with Crippen LogP contribution in [0.2, 0.25) is 0 Å². The van der Waals surface area contributed by atoms with Gasteiger partial charge in [0.2, 0.25) is 0 Å². The minimum atomic E-state index is -2.92. The molecule has 0 rings (SSSR count). The molecular formula is C15H34N2O2S. The summed E-state index contributed by atoms with van der Waals surface area (Å²) in [7, 11) is -2.92. The molecule has 0 saturated carbocycles. The van der Waals surface area contributed by atoms with Gasteiger partial charge in [0.25, 0.3) is 0 Å². The third-order valence-electron chi connectivity index (χ3n) is 3.50. The van der Waals surface area contributed by atoms with Crippen LogP contribution < -0.4 is 0 Å². The maximum atomic E-state index is 12.1. The van der Waals surface area contributed by atoms with E-state index in [1.165, 1.54) is 0 Å². The first-order chi connectivity index (χ1) is 9.49. The second kappa shape index (κ2) is 11.5. The van der Waals surface area contributed by atoms with Crippen molar-refractivity contribution >= 4 is 9.84 Å². The Kier molecular flexibility index (Phi) is 11.4. The molecule has 0 aliphatic carbocycles. The van der Waals surface area contributed by atoms with E-state index in [2.05, 4.69) is 37.5 Å². The van der Waals surface area contributed by atoms with E-state index in [-0.39, 0.29) is 0 Å². The van der Waals surface area contributed by atoms with E-state index in [4.69, 9.17) is 0 Å². The fourth-order valence-corrected chi connectivity index (χ4v) is 3.63. The number of hydrogen-bond acceptors (Lipinski definition) is 4. The zero-order chi connectivity index (χ0) is 15.4. The predicted octanol–water partition coefficient (Wildman–Crippen LogP) is 2.26. The first-order valence-electron chi connectivity index (χ1n) is 8.14. The average molecular weight is 307 g/mol. The molecule has 0 amide bonds. The fraction of sp³-hybridized carbons (Fsp3) is 1.00. The Morgan fingerprint density at radius 3 is 1.45 bits per heavy atom. The van der Waals surface area contributed by atoms with Gasteiger partial charge in [-0.3, -0.25) is 0 Å². The fourth-order valence-electron chi connectivity index (χ4n) is 2.35. The lowest BCUT2D eigenvalue weighted by Crippen LogP contribution is -2.34. The van der Waals surface area contributed by atoms with Gasteiger partial charge in [-0.25, -0.2) is 8.42 Å². The summed E-state index contributed by atoms with van der Waals surface area (Å²) in [6, 6.07) is 0. The molecule has 20 heavy (non-hydrogen) atoms. The summed E-state index contributed by atoms with van der Waals surface area (Å²) in [6.07, 6.45) is 3.25. The smallest absolute Gasteiger partial charge is 0.152 e. The molecule has 0 unspecified atom stereocenters. The topological polar surface area (TPSA) is 40.6 Å². The van der Waals surface area contributed by atoms with Crippen LogP contribution in [0.3, 0.4) is 0 Å². The van der Waals surface area contributed by atoms with Crippen molar-refractivity contribution in [1.82, 2.24) is 9.80 Å². The van der Waals surface area contributed by atoms with Crippen LogP contribution in [0.4, 0.5) is 0 Å². The van der Waals surface area contributed by atoms with Crippen LogP contribution in [0.1, 0.15) is 47.0 Å². The Morgan fingerprint density at radius 1 is 0.650 bits per heavy atom. The molecule has 0 aromatic carbocycles. The van der Waals surface area contributed by atoms with Crippen molar-refractivity contribution in [3.63, 3.8) is 0 Å². The second-order valence-electron chi connectivity index (χ2n) is 5.43. The zero-order valence-corrected chi connectivity index (χ0v) is 14.7. The number of nitrogens with zero attached hydrogens (tertiary/aromatic N) is 2. The Labute approximate surface area is 126 Å². The summed E-state index contributed by atoms with van der Waals surface area (Å²) in [5.41, 5.74) is 0. The molecule has 0 aromatic rings. The molecule has 122 valence electrons. The molecular weight excluding hydrogens is 272 g/mol. The Hall–Kier alpha value is -0.130. The Balaban J connectivity index is 4.16. The molecule has 0 radical (unpaired) electrons. The van der Waals surface area contributed by atoms with Crippen molar-refractivity contribution in [2.45, 2.75) is 47.0 Å². The largest absolute Gasteiger partial charge is 0.303 e. The quantitative estimate of drug-likeness (QED) is 0.523. The summed E-state index contributed by atoms with van der Waals surface area (Å²) >= 11 is 0. The van der Waals surface area contributed by atoms with Crippen LogP contribution in [0.15, 0.2) is 0 Å². The maximum absolute atomic E-state index is 12.1. The van der Waals surface area contributed by atoms with E-state index in [1.807, 2.05) is 0 Å². The van der Waals surface area contributed by atoms with Gasteiger partial charge >= 0.3 is 0 Å². The molecule has 5 heteroatoms. The van der Waals surface area contributed by atoms with Gasteiger partial charge in [0.1, 0.15) is 0 Å². The Bertz CT molecular complexity index is 312. The molecule has 0 saturated heterocycles. The summed E-state index contributed by atoms with van der Waals surface area (Å²) in [4.78, 5) is 4.48. The van der Waals surface area contributed by atoms with E-state index in [0.717, 1.165) is 45.4 Å². The predicted molar refractivity (Wildman–Crippen MR) is 88.1 cm³/mol. The van der Waals surface area contributed by atoms with Crippen molar-refractivity contribution in [3.8, 4) is 0 Å². The Morgan fingerprint density at radius 2 is 1.05 bits per heavy atom. The average Bonchev–Trinajstić information content (AvgIpc) is 2.41. The third kappa shape index (κ3) is 9.72. The van der Waals surface area contributed by atoms with Gasteiger partial charge in [-0.15, -0.1) is 0 Å². The highest BCUT2D eigenvalue weighted by molar-refractivity contribution is 7.91. The van der Waals surface area contributed by atoms with Crippen LogP contribution in [0.5, 0.6) is 0 Å². The van der Waals surface area contributed by atoms with Gasteiger partial charge < -0.3 is 9.80 Å². The third-order valence-corrected chi connectivity index (χ3v) is 5.11. The van der Waals surface area contributed by atoms with Crippen LogP contribution in [0.25, 0.3) is 0 Å². The molecule has 0 aliphatic heterocycles. The van der Waals surface area contributed by atoms with Gasteiger partial charge in [0, 0.05) is 13.1 Å². The van der Waals surface area contributed by atoms with Gasteiger partial charge in [-0.1, -0.05) is 27.7 Å². The van der Waals surface area contributed by atoms with Gasteiger partial charge in [0.15, 0.2) is 9.84 Å². The van der Waals surface area contributed by atoms with Crippen molar-refractivity contribution in [3.05, 3.63) is 0 Å². The highest BCUT2D eigenvalue weighted by atomic mass is 32.2. The van der Waals surface area contributed by atoms with Crippen LogP contribution >= 0.6 is 0 Å². The van der Waals surface area contributed by atoms with Crippen molar-refractivity contribution in [2.24, 2.45) is 0 Å². The second-order valence-corrected chi connectivity index (χ2v) is 7.73. The maximum Gasteiger partial charge on any atom is 0.152 e. The minimum absolute atomic E-state index is 0.299. The summed E-state index contributed by atoms with van der Waals surface area (Å²) in [5.74, 6) is 0.601. The van der Waals surface area contributed by atoms with Crippen LogP contribution in [0, 0.1) is 0 Å². The highest BCUT2D eigenvalue weighted by Gasteiger charge is 2.14. The monoisotopic (exact) mass is 306 g/mol. The number of rotatable bonds is 13. The first-order valence-corrected chi connectivity index (χ1v) is 9.96. The molecule has 0 spiro atoms. The molecule has 0 aromatic heterocycles. The molecule has 4 nitrogen and oxygen atoms in total. The van der Waals surface area contributed by atoms with E-state index >= 15 is 0 Å².